The fourth-order valence-corrected chi connectivity index (χ4v) is 0.500. The van der Waals surface area contributed by atoms with Gasteiger partial charge in [-0.05, 0) is 6.54 Å². The van der Waals surface area contributed by atoms with Crippen molar-refractivity contribution in [3.05, 3.63) is 12.2 Å². The third-order valence-corrected chi connectivity index (χ3v) is 0.946. The minimum atomic E-state index is 0.616. The van der Waals surface area contributed by atoms with Crippen molar-refractivity contribution in [2.45, 2.75) is 6.92 Å². The molecule has 0 saturated carbocycles. The molecule has 0 heterocycles. The van der Waals surface area contributed by atoms with Crippen molar-refractivity contribution in [2.75, 3.05) is 19.0 Å². The summed E-state index contributed by atoms with van der Waals surface area (Å²) in [4.78, 5) is 0. The quantitative estimate of drug-likeness (QED) is 0.347. The Bertz CT molecular complexity index is 61.5. The molecule has 0 bridgehead atoms. The van der Waals surface area contributed by atoms with Gasteiger partial charge in [-0.3, -0.25) is 0 Å². The number of rotatable bonds is 4. The maximum Gasteiger partial charge on any atom is 0.0404 e. The summed E-state index contributed by atoms with van der Waals surface area (Å²) in [5.41, 5.74) is 0. The predicted molar refractivity (Wildman–Crippen MR) is 38.4 cm³/mol. The number of likely N-dealkylation sites (N-methyl/N-ethyl adjacent to an activating group) is 1. The summed E-state index contributed by atoms with van der Waals surface area (Å²) in [5.74, 6) is 0.616. The van der Waals surface area contributed by atoms with Gasteiger partial charge in [0, 0.05) is 12.4 Å². The fraction of sp³-hybridized carbons (Fsp3) is 0.667. The van der Waals surface area contributed by atoms with E-state index in [2.05, 4.69) is 12.2 Å². The molecule has 0 unspecified atom stereocenters. The first kappa shape index (κ1) is 7.99. The third-order valence-electron chi connectivity index (χ3n) is 0.768. The van der Waals surface area contributed by atoms with Gasteiger partial charge in [0.1, 0.15) is 0 Å². The predicted octanol–water partition coefficient (Wildman–Crippen LogP) is 1.39. The van der Waals surface area contributed by atoms with Crippen LogP contribution in [0.25, 0.3) is 0 Å². The van der Waals surface area contributed by atoms with E-state index in [1.165, 1.54) is 0 Å². The smallest absolute Gasteiger partial charge is 0.0404 e. The summed E-state index contributed by atoms with van der Waals surface area (Å²) in [5, 5.41) is 3.14. The average molecular weight is 134 g/mol. The van der Waals surface area contributed by atoms with Gasteiger partial charge in [0.05, 0.1) is 0 Å². The minimum Gasteiger partial charge on any atom is -0.314 e. The molecular formula is C6H12ClN. The van der Waals surface area contributed by atoms with Gasteiger partial charge >= 0.3 is 0 Å². The molecule has 0 fully saturated rings. The summed E-state index contributed by atoms with van der Waals surface area (Å²) in [7, 11) is 0. The molecule has 0 aromatic rings. The molecule has 2 heteroatoms. The molecule has 0 radical (unpaired) electrons. The van der Waals surface area contributed by atoms with Crippen LogP contribution in [0.1, 0.15) is 6.92 Å². The number of allylic oxidation sites excluding steroid dienone is 1. The van der Waals surface area contributed by atoms with Crippen molar-refractivity contribution in [1.29, 1.82) is 0 Å². The van der Waals surface area contributed by atoms with E-state index in [9.17, 15) is 0 Å². The molecule has 1 N–H and O–H groups in total. The highest BCUT2D eigenvalue weighted by molar-refractivity contribution is 6.18. The van der Waals surface area contributed by atoms with E-state index in [-0.39, 0.29) is 0 Å². The van der Waals surface area contributed by atoms with Crippen molar-refractivity contribution < 1.29 is 0 Å². The Hall–Kier alpha value is -0.0100. The number of hydrogen-bond donors (Lipinski definition) is 1. The largest absolute Gasteiger partial charge is 0.314 e. The number of nitrogens with one attached hydrogen (secondary N) is 1. The van der Waals surface area contributed by atoms with E-state index in [0.717, 1.165) is 13.1 Å². The zero-order valence-electron chi connectivity index (χ0n) is 5.15. The highest BCUT2D eigenvalue weighted by Crippen LogP contribution is 1.75. The van der Waals surface area contributed by atoms with Crippen LogP contribution in [-0.4, -0.2) is 19.0 Å². The topological polar surface area (TPSA) is 12.0 Å². The van der Waals surface area contributed by atoms with Crippen molar-refractivity contribution in [1.82, 2.24) is 5.32 Å². The number of alkyl halides is 1. The number of halogens is 1. The molecule has 0 spiro atoms. The van der Waals surface area contributed by atoms with Gasteiger partial charge in [0.25, 0.3) is 0 Å². The maximum absolute atomic E-state index is 5.37. The van der Waals surface area contributed by atoms with Crippen molar-refractivity contribution in [3.8, 4) is 0 Å². The summed E-state index contributed by atoms with van der Waals surface area (Å²) >= 11 is 5.37. The van der Waals surface area contributed by atoms with Crippen LogP contribution < -0.4 is 5.32 Å². The molecule has 0 aliphatic heterocycles. The van der Waals surface area contributed by atoms with Gasteiger partial charge in [0.2, 0.25) is 0 Å². The second kappa shape index (κ2) is 6.99. The van der Waals surface area contributed by atoms with Crippen LogP contribution in [0.4, 0.5) is 0 Å². The van der Waals surface area contributed by atoms with Crippen LogP contribution in [-0.2, 0) is 0 Å². The molecule has 48 valence electrons. The summed E-state index contributed by atoms with van der Waals surface area (Å²) in [6.45, 7) is 4.03. The van der Waals surface area contributed by atoms with E-state index in [0.29, 0.717) is 5.88 Å². The third kappa shape index (κ3) is 5.99. The minimum absolute atomic E-state index is 0.616. The van der Waals surface area contributed by atoms with Crippen molar-refractivity contribution >= 4 is 11.6 Å². The molecule has 0 rings (SSSR count). The molecule has 0 aliphatic carbocycles. The molecule has 0 aliphatic rings. The van der Waals surface area contributed by atoms with Crippen LogP contribution >= 0.6 is 11.6 Å². The molecule has 1 nitrogen and oxygen atoms in total. The lowest BCUT2D eigenvalue weighted by Gasteiger charge is -1.90. The van der Waals surface area contributed by atoms with E-state index < -0.39 is 0 Å². The Morgan fingerprint density at radius 1 is 1.50 bits per heavy atom. The van der Waals surface area contributed by atoms with Crippen molar-refractivity contribution in [3.63, 3.8) is 0 Å². The van der Waals surface area contributed by atoms with Crippen LogP contribution in [0.2, 0.25) is 0 Å². The van der Waals surface area contributed by atoms with Gasteiger partial charge in [-0.25, -0.2) is 0 Å². The normalized spacial score (nSPS) is 10.8. The van der Waals surface area contributed by atoms with Gasteiger partial charge < -0.3 is 5.32 Å². The fourth-order valence-electron chi connectivity index (χ4n) is 0.374. The number of hydrogen-bond acceptors (Lipinski definition) is 1. The highest BCUT2D eigenvalue weighted by atomic mass is 35.5. The van der Waals surface area contributed by atoms with Crippen LogP contribution in [0, 0.1) is 0 Å². The Balaban J connectivity index is 2.80. The summed E-state index contributed by atoms with van der Waals surface area (Å²) < 4.78 is 0. The zero-order valence-corrected chi connectivity index (χ0v) is 5.91. The molecule has 8 heavy (non-hydrogen) atoms. The first-order valence-corrected chi connectivity index (χ1v) is 3.37. The Morgan fingerprint density at radius 2 is 2.25 bits per heavy atom. The van der Waals surface area contributed by atoms with E-state index in [1.54, 1.807) is 0 Å². The Kier molecular flexibility index (Phi) is 6.98. The van der Waals surface area contributed by atoms with Gasteiger partial charge in [-0.2, -0.15) is 0 Å². The first-order valence-electron chi connectivity index (χ1n) is 2.83. The second-order valence-electron chi connectivity index (χ2n) is 1.43. The highest BCUT2D eigenvalue weighted by Gasteiger charge is 1.71. The van der Waals surface area contributed by atoms with E-state index >= 15 is 0 Å². The summed E-state index contributed by atoms with van der Waals surface area (Å²) in [6, 6.07) is 0. The lowest BCUT2D eigenvalue weighted by atomic mass is 10.5. The van der Waals surface area contributed by atoms with E-state index in [1.807, 2.05) is 12.2 Å². The summed E-state index contributed by atoms with van der Waals surface area (Å²) in [6.07, 6.45) is 3.96. The molecule has 0 aromatic heterocycles. The zero-order chi connectivity index (χ0) is 6.24. The van der Waals surface area contributed by atoms with E-state index in [4.69, 9.17) is 11.6 Å². The Labute approximate surface area is 55.7 Å². The molecule has 0 atom stereocenters. The average Bonchev–Trinajstić information content (AvgIpc) is 1.81. The molecule has 0 amide bonds. The van der Waals surface area contributed by atoms with Crippen LogP contribution in [0.3, 0.4) is 0 Å². The first-order chi connectivity index (χ1) is 3.91. The van der Waals surface area contributed by atoms with Gasteiger partial charge in [-0.1, -0.05) is 19.1 Å². The van der Waals surface area contributed by atoms with Gasteiger partial charge in [0.15, 0.2) is 0 Å². The monoisotopic (exact) mass is 133 g/mol. The molecular weight excluding hydrogens is 122 g/mol. The SMILES string of the molecule is CCNC/C=C/CCl. The van der Waals surface area contributed by atoms with Gasteiger partial charge in [-0.15, -0.1) is 11.6 Å². The maximum atomic E-state index is 5.37. The van der Waals surface area contributed by atoms with Crippen molar-refractivity contribution in [2.24, 2.45) is 0 Å². The lowest BCUT2D eigenvalue weighted by Crippen LogP contribution is -2.11. The van der Waals surface area contributed by atoms with Crippen LogP contribution in [0.15, 0.2) is 12.2 Å². The van der Waals surface area contributed by atoms with Crippen LogP contribution in [0.5, 0.6) is 0 Å². The lowest BCUT2D eigenvalue weighted by molar-refractivity contribution is 0.799. The Morgan fingerprint density at radius 3 is 2.75 bits per heavy atom. The second-order valence-corrected chi connectivity index (χ2v) is 1.74. The molecule has 0 saturated heterocycles. The standard InChI is InChI=1S/C6H12ClN/c1-2-8-6-4-3-5-7/h3-4,8H,2,5-6H2,1H3/b4-3+. The molecule has 0 aromatic carbocycles.